The van der Waals surface area contributed by atoms with Crippen molar-refractivity contribution in [1.29, 1.82) is 0 Å². The number of benzene rings is 1. The number of halogens is 6. The summed E-state index contributed by atoms with van der Waals surface area (Å²) < 4.78 is 77.3. The molecule has 0 aliphatic rings. The lowest BCUT2D eigenvalue weighted by molar-refractivity contribution is -0.143. The summed E-state index contributed by atoms with van der Waals surface area (Å²) in [7, 11) is 0. The Morgan fingerprint density at radius 2 is 1.65 bits per heavy atom. The number of nitrogens with one attached hydrogen (secondary N) is 1. The highest BCUT2D eigenvalue weighted by Gasteiger charge is 2.36. The Kier molecular flexibility index (Phi) is 5.97. The highest BCUT2D eigenvalue weighted by molar-refractivity contribution is 7.13. The van der Waals surface area contributed by atoms with Gasteiger partial charge in [-0.1, -0.05) is 6.58 Å². The second kappa shape index (κ2) is 7.67. The van der Waals surface area contributed by atoms with Crippen molar-refractivity contribution >= 4 is 16.5 Å². The summed E-state index contributed by atoms with van der Waals surface area (Å²) in [4.78, 5) is 4.15. The van der Waals surface area contributed by atoms with Gasteiger partial charge in [0.25, 0.3) is 0 Å². The number of hydrogen-bond donors (Lipinski definition) is 2. The lowest BCUT2D eigenvalue weighted by atomic mass is 10.0. The molecule has 2 aromatic rings. The van der Waals surface area contributed by atoms with Crippen molar-refractivity contribution in [2.24, 2.45) is 5.73 Å². The molecule has 0 spiro atoms. The van der Waals surface area contributed by atoms with Crippen LogP contribution in [0.4, 0.5) is 31.5 Å². The number of nitrogens with two attached hydrogens (primary N) is 1. The Morgan fingerprint density at radius 3 is 2.15 bits per heavy atom. The van der Waals surface area contributed by atoms with E-state index >= 15 is 0 Å². The van der Waals surface area contributed by atoms with Crippen molar-refractivity contribution in [1.82, 2.24) is 4.98 Å². The molecule has 0 fully saturated rings. The first-order chi connectivity index (χ1) is 12.0. The fourth-order valence-electron chi connectivity index (χ4n) is 2.16. The molecule has 10 heteroatoms. The molecule has 0 radical (unpaired) electrons. The summed E-state index contributed by atoms with van der Waals surface area (Å²) in [5.74, 6) is 0. The molecule has 1 heterocycles. The van der Waals surface area contributed by atoms with Crippen LogP contribution in [0.3, 0.4) is 0 Å². The topological polar surface area (TPSA) is 50.9 Å². The fraction of sp³-hybridized carbons (Fsp3) is 0.312. The number of aromatic nitrogens is 1. The van der Waals surface area contributed by atoms with Gasteiger partial charge in [0.15, 0.2) is 5.13 Å². The van der Waals surface area contributed by atoms with Crippen LogP contribution in [0.5, 0.6) is 0 Å². The second-order valence-corrected chi connectivity index (χ2v) is 6.36. The molecule has 0 unspecified atom stereocenters. The molecular formula is C16H15F6N3S. The number of anilines is 1. The van der Waals surface area contributed by atoms with Gasteiger partial charge < -0.3 is 11.1 Å². The Bertz CT molecular complexity index is 747. The molecule has 0 aliphatic carbocycles. The van der Waals surface area contributed by atoms with Gasteiger partial charge in [-0.3, -0.25) is 0 Å². The molecule has 0 amide bonds. The minimum Gasteiger partial charge on any atom is -0.336 e. The maximum Gasteiger partial charge on any atom is 0.416 e. The largest absolute Gasteiger partial charge is 0.416 e. The maximum atomic E-state index is 12.9. The van der Waals surface area contributed by atoms with E-state index < -0.39 is 23.5 Å². The van der Waals surface area contributed by atoms with Crippen LogP contribution < -0.4 is 11.1 Å². The molecule has 26 heavy (non-hydrogen) atoms. The van der Waals surface area contributed by atoms with Crippen LogP contribution >= 0.6 is 11.3 Å². The van der Waals surface area contributed by atoms with Crippen LogP contribution in [0, 0.1) is 0 Å². The van der Waals surface area contributed by atoms with Crippen LogP contribution in [0.2, 0.25) is 0 Å². The molecule has 142 valence electrons. The van der Waals surface area contributed by atoms with E-state index in [1.54, 1.807) is 5.38 Å². The second-order valence-electron chi connectivity index (χ2n) is 5.50. The summed E-state index contributed by atoms with van der Waals surface area (Å²) in [5, 5.41) is 4.90. The summed E-state index contributed by atoms with van der Waals surface area (Å²) in [6.07, 6.45) is -9.39. The van der Waals surface area contributed by atoms with Crippen LogP contribution in [0.1, 0.15) is 28.8 Å². The Morgan fingerprint density at radius 1 is 1.08 bits per heavy atom. The molecule has 0 bridgehead atoms. The van der Waals surface area contributed by atoms with E-state index in [-0.39, 0.29) is 18.1 Å². The van der Waals surface area contributed by atoms with Gasteiger partial charge in [-0.2, -0.15) is 26.3 Å². The van der Waals surface area contributed by atoms with Crippen molar-refractivity contribution in [2.45, 2.75) is 25.2 Å². The Balaban J connectivity index is 2.26. The van der Waals surface area contributed by atoms with Gasteiger partial charge in [-0.05, 0) is 36.7 Å². The van der Waals surface area contributed by atoms with Crippen LogP contribution in [-0.4, -0.2) is 11.5 Å². The van der Waals surface area contributed by atoms with Gasteiger partial charge in [-0.15, -0.1) is 11.3 Å². The standard InChI is InChI=1S/C16H15F6N3S/c1-9(2-3-23)24-14-25-13(8-26-14)6-10-4-11(15(17,18)19)7-12(5-10)16(20,21)22/h4-5,7-8H,1-3,6,23H2,(H,24,25). The quantitative estimate of drug-likeness (QED) is 0.674. The zero-order valence-electron chi connectivity index (χ0n) is 13.3. The van der Waals surface area contributed by atoms with Crippen molar-refractivity contribution in [3.63, 3.8) is 0 Å². The normalized spacial score (nSPS) is 12.3. The minimum atomic E-state index is -4.87. The van der Waals surface area contributed by atoms with E-state index in [2.05, 4.69) is 16.9 Å². The number of rotatable bonds is 6. The SMILES string of the molecule is C=C(CCN)Nc1nc(Cc2cc(C(F)(F)F)cc(C(F)(F)F)c2)cs1. The number of thiazole rings is 1. The predicted molar refractivity (Wildman–Crippen MR) is 87.8 cm³/mol. The first-order valence-electron chi connectivity index (χ1n) is 7.36. The highest BCUT2D eigenvalue weighted by atomic mass is 32.1. The van der Waals surface area contributed by atoms with Crippen molar-refractivity contribution < 1.29 is 26.3 Å². The summed E-state index contributed by atoms with van der Waals surface area (Å²) in [6, 6.07) is 1.51. The third-order valence-electron chi connectivity index (χ3n) is 3.31. The average molecular weight is 395 g/mol. The van der Waals surface area contributed by atoms with E-state index in [1.807, 2.05) is 0 Å². The van der Waals surface area contributed by atoms with E-state index in [0.29, 0.717) is 41.6 Å². The molecule has 1 aromatic carbocycles. The van der Waals surface area contributed by atoms with Gasteiger partial charge in [0.1, 0.15) is 0 Å². The lowest BCUT2D eigenvalue weighted by Crippen LogP contribution is -2.12. The molecule has 0 saturated carbocycles. The lowest BCUT2D eigenvalue weighted by Gasteiger charge is -2.13. The summed E-state index contributed by atoms with van der Waals surface area (Å²) >= 11 is 1.17. The van der Waals surface area contributed by atoms with Crippen molar-refractivity contribution in [2.75, 3.05) is 11.9 Å². The molecule has 3 nitrogen and oxygen atoms in total. The first kappa shape index (κ1) is 20.2. The van der Waals surface area contributed by atoms with Crippen molar-refractivity contribution in [3.05, 3.63) is 58.2 Å². The van der Waals surface area contributed by atoms with Crippen LogP contribution in [-0.2, 0) is 18.8 Å². The zero-order chi connectivity index (χ0) is 19.5. The number of hydrogen-bond acceptors (Lipinski definition) is 4. The Hall–Kier alpha value is -2.07. The molecule has 0 saturated heterocycles. The monoisotopic (exact) mass is 395 g/mol. The first-order valence-corrected chi connectivity index (χ1v) is 8.24. The van der Waals surface area contributed by atoms with Gasteiger partial charge in [0.2, 0.25) is 0 Å². The molecule has 0 atom stereocenters. The zero-order valence-corrected chi connectivity index (χ0v) is 14.2. The highest BCUT2D eigenvalue weighted by Crippen LogP contribution is 2.36. The van der Waals surface area contributed by atoms with E-state index in [9.17, 15) is 26.3 Å². The van der Waals surface area contributed by atoms with Gasteiger partial charge >= 0.3 is 12.4 Å². The fourth-order valence-corrected chi connectivity index (χ4v) is 2.92. The molecule has 2 rings (SSSR count). The van der Waals surface area contributed by atoms with Crippen LogP contribution in [0.25, 0.3) is 0 Å². The summed E-state index contributed by atoms with van der Waals surface area (Å²) in [6.45, 7) is 4.12. The van der Waals surface area contributed by atoms with Crippen LogP contribution in [0.15, 0.2) is 35.9 Å². The summed E-state index contributed by atoms with van der Waals surface area (Å²) in [5.41, 5.74) is 3.56. The van der Waals surface area contributed by atoms with E-state index in [4.69, 9.17) is 5.73 Å². The molecule has 3 N–H and O–H groups in total. The smallest absolute Gasteiger partial charge is 0.336 e. The van der Waals surface area contributed by atoms with E-state index in [0.717, 1.165) is 0 Å². The molecule has 1 aromatic heterocycles. The maximum absolute atomic E-state index is 12.9. The average Bonchev–Trinajstić information content (AvgIpc) is 2.92. The van der Waals surface area contributed by atoms with Gasteiger partial charge in [0.05, 0.1) is 16.8 Å². The minimum absolute atomic E-state index is 0.105. The van der Waals surface area contributed by atoms with E-state index in [1.165, 1.54) is 11.3 Å². The third-order valence-corrected chi connectivity index (χ3v) is 4.12. The number of nitrogens with zero attached hydrogens (tertiary/aromatic N) is 1. The predicted octanol–water partition coefficient (Wildman–Crippen LogP) is 5.05. The van der Waals surface area contributed by atoms with Crippen molar-refractivity contribution in [3.8, 4) is 0 Å². The van der Waals surface area contributed by atoms with Gasteiger partial charge in [0, 0.05) is 17.5 Å². The third kappa shape index (κ3) is 5.46. The molecule has 0 aliphatic heterocycles. The van der Waals surface area contributed by atoms with Gasteiger partial charge in [-0.25, -0.2) is 4.98 Å². The Labute approximate surface area is 149 Å². The molecular weight excluding hydrogens is 380 g/mol. The number of alkyl halides is 6.